The van der Waals surface area contributed by atoms with E-state index < -0.39 is 10.0 Å². The molecule has 0 aliphatic heterocycles. The number of rotatable bonds is 5. The second-order valence-electron chi connectivity index (χ2n) is 4.13. The SMILES string of the molecule is CCNC1CCC(NS(=O)(=O)CC)CC1. The van der Waals surface area contributed by atoms with Crippen molar-refractivity contribution in [3.8, 4) is 0 Å². The first-order valence-corrected chi connectivity index (χ1v) is 7.46. The summed E-state index contributed by atoms with van der Waals surface area (Å²) in [4.78, 5) is 0. The minimum absolute atomic E-state index is 0.157. The van der Waals surface area contributed by atoms with Crippen LogP contribution >= 0.6 is 0 Å². The summed E-state index contributed by atoms with van der Waals surface area (Å²) in [6, 6.07) is 0.738. The first-order chi connectivity index (χ1) is 7.07. The van der Waals surface area contributed by atoms with E-state index in [0.717, 1.165) is 32.2 Å². The zero-order valence-corrected chi connectivity index (χ0v) is 10.4. The van der Waals surface area contributed by atoms with Crippen molar-refractivity contribution in [1.29, 1.82) is 0 Å². The van der Waals surface area contributed by atoms with Gasteiger partial charge in [0.05, 0.1) is 5.75 Å². The molecule has 0 aromatic heterocycles. The van der Waals surface area contributed by atoms with Gasteiger partial charge in [-0.1, -0.05) is 6.92 Å². The van der Waals surface area contributed by atoms with Crippen LogP contribution in [-0.2, 0) is 10.0 Å². The normalized spacial score (nSPS) is 27.9. The lowest BCUT2D eigenvalue weighted by Crippen LogP contribution is -2.42. The highest BCUT2D eigenvalue weighted by Gasteiger charge is 2.23. The van der Waals surface area contributed by atoms with E-state index in [1.807, 2.05) is 0 Å². The second-order valence-corrected chi connectivity index (χ2v) is 6.17. The highest BCUT2D eigenvalue weighted by molar-refractivity contribution is 7.89. The molecule has 0 aromatic carbocycles. The number of nitrogens with one attached hydrogen (secondary N) is 2. The Balaban J connectivity index is 2.32. The standard InChI is InChI=1S/C10H22N2O2S/c1-3-11-9-5-7-10(8-6-9)12-15(13,14)4-2/h9-12H,3-8H2,1-2H3. The monoisotopic (exact) mass is 234 g/mol. The molecule has 0 radical (unpaired) electrons. The van der Waals surface area contributed by atoms with Gasteiger partial charge < -0.3 is 5.32 Å². The third-order valence-corrected chi connectivity index (χ3v) is 4.40. The fourth-order valence-electron chi connectivity index (χ4n) is 2.04. The topological polar surface area (TPSA) is 58.2 Å². The lowest BCUT2D eigenvalue weighted by Gasteiger charge is -2.29. The van der Waals surface area contributed by atoms with Gasteiger partial charge in [-0.15, -0.1) is 0 Å². The molecule has 1 fully saturated rings. The Kier molecular flexibility index (Phi) is 5.02. The van der Waals surface area contributed by atoms with Gasteiger partial charge in [-0.2, -0.15) is 0 Å². The third kappa shape index (κ3) is 4.49. The summed E-state index contributed by atoms with van der Waals surface area (Å²) in [7, 11) is -3.02. The average molecular weight is 234 g/mol. The van der Waals surface area contributed by atoms with Crippen LogP contribution in [0.4, 0.5) is 0 Å². The summed E-state index contributed by atoms with van der Waals surface area (Å²) in [5.74, 6) is 0.181. The van der Waals surface area contributed by atoms with E-state index in [2.05, 4.69) is 17.0 Å². The van der Waals surface area contributed by atoms with Crippen LogP contribution in [0.15, 0.2) is 0 Å². The van der Waals surface area contributed by atoms with Crippen LogP contribution in [0.1, 0.15) is 39.5 Å². The maximum atomic E-state index is 11.3. The van der Waals surface area contributed by atoms with Gasteiger partial charge >= 0.3 is 0 Å². The van der Waals surface area contributed by atoms with Crippen molar-refractivity contribution in [2.45, 2.75) is 51.6 Å². The molecule has 0 heterocycles. The molecule has 90 valence electrons. The molecule has 0 saturated heterocycles. The van der Waals surface area contributed by atoms with Crippen LogP contribution in [0, 0.1) is 0 Å². The van der Waals surface area contributed by atoms with Gasteiger partial charge in [0, 0.05) is 12.1 Å². The predicted molar refractivity (Wildman–Crippen MR) is 62.3 cm³/mol. The first kappa shape index (κ1) is 12.9. The molecular formula is C10H22N2O2S. The number of sulfonamides is 1. The lowest BCUT2D eigenvalue weighted by molar-refractivity contribution is 0.333. The molecule has 0 aromatic rings. The molecule has 1 aliphatic rings. The molecule has 0 unspecified atom stereocenters. The van der Waals surface area contributed by atoms with Crippen LogP contribution in [0.5, 0.6) is 0 Å². The van der Waals surface area contributed by atoms with Crippen molar-refractivity contribution >= 4 is 10.0 Å². The molecule has 4 nitrogen and oxygen atoms in total. The summed E-state index contributed by atoms with van der Waals surface area (Å²) in [6.45, 7) is 4.77. The smallest absolute Gasteiger partial charge is 0.211 e. The van der Waals surface area contributed by atoms with Crippen LogP contribution in [0.2, 0.25) is 0 Å². The van der Waals surface area contributed by atoms with Crippen molar-refractivity contribution in [1.82, 2.24) is 10.0 Å². The van der Waals surface area contributed by atoms with Gasteiger partial charge in [-0.05, 0) is 39.2 Å². The van der Waals surface area contributed by atoms with Crippen molar-refractivity contribution in [2.75, 3.05) is 12.3 Å². The average Bonchev–Trinajstić information content (AvgIpc) is 2.21. The molecule has 1 saturated carbocycles. The highest BCUT2D eigenvalue weighted by atomic mass is 32.2. The quantitative estimate of drug-likeness (QED) is 0.741. The summed E-state index contributed by atoms with van der Waals surface area (Å²) in [6.07, 6.45) is 4.06. The van der Waals surface area contributed by atoms with Gasteiger partial charge in [-0.3, -0.25) is 0 Å². The minimum Gasteiger partial charge on any atom is -0.314 e. The Labute approximate surface area is 92.9 Å². The van der Waals surface area contributed by atoms with Crippen LogP contribution in [0.25, 0.3) is 0 Å². The fourth-order valence-corrected chi connectivity index (χ4v) is 2.95. The van der Waals surface area contributed by atoms with Crippen molar-refractivity contribution < 1.29 is 8.42 Å². The Morgan fingerprint density at radius 1 is 1.07 bits per heavy atom. The molecule has 0 bridgehead atoms. The van der Waals surface area contributed by atoms with Crippen LogP contribution in [0.3, 0.4) is 0 Å². The largest absolute Gasteiger partial charge is 0.314 e. The molecule has 1 aliphatic carbocycles. The number of hydrogen-bond acceptors (Lipinski definition) is 3. The Morgan fingerprint density at radius 2 is 1.60 bits per heavy atom. The predicted octanol–water partition coefficient (Wildman–Crippen LogP) is 0.846. The van der Waals surface area contributed by atoms with E-state index >= 15 is 0 Å². The van der Waals surface area contributed by atoms with E-state index in [1.165, 1.54) is 0 Å². The second kappa shape index (κ2) is 5.82. The minimum atomic E-state index is -3.02. The van der Waals surface area contributed by atoms with Gasteiger partial charge in [-0.25, -0.2) is 13.1 Å². The lowest BCUT2D eigenvalue weighted by atomic mass is 9.92. The van der Waals surface area contributed by atoms with Gasteiger partial charge in [0.25, 0.3) is 0 Å². The summed E-state index contributed by atoms with van der Waals surface area (Å²) >= 11 is 0. The summed E-state index contributed by atoms with van der Waals surface area (Å²) in [5.41, 5.74) is 0. The maximum Gasteiger partial charge on any atom is 0.211 e. The zero-order chi connectivity index (χ0) is 11.3. The van der Waals surface area contributed by atoms with Gasteiger partial charge in [0.2, 0.25) is 10.0 Å². The molecule has 0 amide bonds. The van der Waals surface area contributed by atoms with E-state index in [0.29, 0.717) is 6.04 Å². The van der Waals surface area contributed by atoms with Crippen LogP contribution < -0.4 is 10.0 Å². The van der Waals surface area contributed by atoms with E-state index in [-0.39, 0.29) is 11.8 Å². The van der Waals surface area contributed by atoms with Crippen LogP contribution in [-0.4, -0.2) is 32.8 Å². The summed E-state index contributed by atoms with van der Waals surface area (Å²) < 4.78 is 25.4. The molecule has 0 atom stereocenters. The first-order valence-electron chi connectivity index (χ1n) is 5.80. The Morgan fingerprint density at radius 3 is 2.07 bits per heavy atom. The Hall–Kier alpha value is -0.130. The van der Waals surface area contributed by atoms with Gasteiger partial charge in [0.1, 0.15) is 0 Å². The fraction of sp³-hybridized carbons (Fsp3) is 1.00. The van der Waals surface area contributed by atoms with Gasteiger partial charge in [0.15, 0.2) is 0 Å². The van der Waals surface area contributed by atoms with E-state index in [1.54, 1.807) is 6.92 Å². The summed E-state index contributed by atoms with van der Waals surface area (Å²) in [5, 5.41) is 3.40. The molecule has 5 heteroatoms. The van der Waals surface area contributed by atoms with Crippen molar-refractivity contribution in [3.05, 3.63) is 0 Å². The molecule has 15 heavy (non-hydrogen) atoms. The molecule has 0 spiro atoms. The van der Waals surface area contributed by atoms with E-state index in [9.17, 15) is 8.42 Å². The molecule has 2 N–H and O–H groups in total. The molecular weight excluding hydrogens is 212 g/mol. The van der Waals surface area contributed by atoms with Crippen molar-refractivity contribution in [2.24, 2.45) is 0 Å². The highest BCUT2D eigenvalue weighted by Crippen LogP contribution is 2.19. The third-order valence-electron chi connectivity index (χ3n) is 2.95. The maximum absolute atomic E-state index is 11.3. The Bertz CT molecular complexity index is 269. The van der Waals surface area contributed by atoms with Crippen molar-refractivity contribution in [3.63, 3.8) is 0 Å². The molecule has 1 rings (SSSR count). The zero-order valence-electron chi connectivity index (χ0n) is 9.62. The van der Waals surface area contributed by atoms with E-state index in [4.69, 9.17) is 0 Å². The number of hydrogen-bond donors (Lipinski definition) is 2.